The number of benzene rings is 1. The normalized spacial score (nSPS) is 11.2. The van der Waals surface area contributed by atoms with Crippen molar-refractivity contribution >= 4 is 28.6 Å². The fraction of sp³-hybridized carbons (Fsp3) is 0.312. The molecular formula is C16H17IN2O5. The van der Waals surface area contributed by atoms with Gasteiger partial charge in [-0.1, -0.05) is 0 Å². The second-order valence-electron chi connectivity index (χ2n) is 5.58. The molecule has 0 atom stereocenters. The van der Waals surface area contributed by atoms with Gasteiger partial charge in [0, 0.05) is 17.8 Å². The van der Waals surface area contributed by atoms with Gasteiger partial charge in [-0.25, -0.2) is 9.36 Å². The maximum Gasteiger partial charge on any atom is 0.332 e. The van der Waals surface area contributed by atoms with Gasteiger partial charge in [-0.05, 0) is 48.6 Å². The van der Waals surface area contributed by atoms with Crippen molar-refractivity contribution in [2.75, 3.05) is 14.2 Å². The Hall–Kier alpha value is -2.10. The topological polar surface area (TPSA) is 90.4 Å². The zero-order chi connectivity index (χ0) is 18.1. The van der Waals surface area contributed by atoms with Crippen LogP contribution in [0.25, 0.3) is 5.69 Å². The molecule has 8 heteroatoms. The van der Waals surface area contributed by atoms with Crippen LogP contribution >= 0.6 is 22.6 Å². The van der Waals surface area contributed by atoms with Gasteiger partial charge < -0.3 is 14.5 Å². The number of aromatic amines is 1. The Morgan fingerprint density at radius 1 is 1.25 bits per heavy atom. The summed E-state index contributed by atoms with van der Waals surface area (Å²) >= 11 is 2.03. The zero-order valence-corrected chi connectivity index (χ0v) is 15.8. The average Bonchev–Trinajstić information content (AvgIpc) is 2.53. The zero-order valence-electron chi connectivity index (χ0n) is 13.7. The molecule has 0 saturated heterocycles. The molecular weight excluding hydrogens is 427 g/mol. The Labute approximate surface area is 151 Å². The van der Waals surface area contributed by atoms with Crippen molar-refractivity contribution in [1.82, 2.24) is 9.55 Å². The molecule has 0 spiro atoms. The molecule has 0 aliphatic carbocycles. The summed E-state index contributed by atoms with van der Waals surface area (Å²) in [4.78, 5) is 38.8. The summed E-state index contributed by atoms with van der Waals surface area (Å²) in [5, 5.41) is 0. The highest BCUT2D eigenvalue weighted by Gasteiger charge is 2.35. The average molecular weight is 444 g/mol. The number of aromatic nitrogens is 2. The molecule has 24 heavy (non-hydrogen) atoms. The van der Waals surface area contributed by atoms with Gasteiger partial charge in [0.05, 0.1) is 28.9 Å². The number of nitrogens with one attached hydrogen (secondary N) is 1. The second kappa shape index (κ2) is 6.80. The maximum absolute atomic E-state index is 12.2. The number of ether oxygens (including phenoxy) is 2. The van der Waals surface area contributed by atoms with Crippen LogP contribution in [0.3, 0.4) is 0 Å². The fourth-order valence-electron chi connectivity index (χ4n) is 2.41. The van der Waals surface area contributed by atoms with E-state index in [-0.39, 0.29) is 0 Å². The summed E-state index contributed by atoms with van der Waals surface area (Å²) < 4.78 is 11.9. The first-order valence-corrected chi connectivity index (χ1v) is 8.09. The predicted molar refractivity (Wildman–Crippen MR) is 97.0 cm³/mol. The minimum Gasteiger partial charge on any atom is -0.495 e. The molecule has 0 fully saturated rings. The Balaban J connectivity index is 2.82. The third kappa shape index (κ3) is 3.10. The van der Waals surface area contributed by atoms with E-state index < -0.39 is 22.6 Å². The number of hydrogen-bond acceptors (Lipinski definition) is 5. The van der Waals surface area contributed by atoms with Crippen LogP contribution in [0, 0.1) is 3.57 Å². The number of halogens is 1. The molecule has 1 heterocycles. The number of methoxy groups -OCH3 is 2. The Morgan fingerprint density at radius 3 is 2.46 bits per heavy atom. The summed E-state index contributed by atoms with van der Waals surface area (Å²) in [6, 6.07) is 4.49. The highest BCUT2D eigenvalue weighted by atomic mass is 127. The summed E-state index contributed by atoms with van der Waals surface area (Å²) in [6.45, 7) is 3.38. The van der Waals surface area contributed by atoms with Gasteiger partial charge in [-0.15, -0.1) is 0 Å². The van der Waals surface area contributed by atoms with Crippen LogP contribution in [0.1, 0.15) is 19.4 Å². The standard InChI is InChI=1S/C16H17IN2O5/c1-16(2,14(21)24-4)10-7-9(8-11(17)13(10)23-3)19-12(20)5-6-18-15(19)22/h5-8H,1-4H3,(H,18,22). The molecule has 2 aromatic rings. The SMILES string of the molecule is COC(=O)C(C)(C)c1cc(-n2c(=O)cc[nH]c2=O)cc(I)c1OC. The van der Waals surface area contributed by atoms with Crippen molar-refractivity contribution in [3.8, 4) is 11.4 Å². The van der Waals surface area contributed by atoms with E-state index in [1.54, 1.807) is 26.0 Å². The van der Waals surface area contributed by atoms with Crippen molar-refractivity contribution in [1.29, 1.82) is 0 Å². The molecule has 7 nitrogen and oxygen atoms in total. The van der Waals surface area contributed by atoms with Gasteiger partial charge in [-0.2, -0.15) is 0 Å². The number of nitrogens with zero attached hydrogens (tertiary/aromatic N) is 1. The molecule has 1 N–H and O–H groups in total. The monoisotopic (exact) mass is 444 g/mol. The fourth-order valence-corrected chi connectivity index (χ4v) is 3.24. The largest absolute Gasteiger partial charge is 0.495 e. The van der Waals surface area contributed by atoms with Gasteiger partial charge in [0.1, 0.15) is 5.75 Å². The third-order valence-corrected chi connectivity index (χ3v) is 4.52. The Morgan fingerprint density at radius 2 is 1.92 bits per heavy atom. The van der Waals surface area contributed by atoms with Gasteiger partial charge >= 0.3 is 11.7 Å². The summed E-state index contributed by atoms with van der Waals surface area (Å²) in [5.74, 6) is 0.0400. The summed E-state index contributed by atoms with van der Waals surface area (Å²) in [7, 11) is 2.80. The van der Waals surface area contributed by atoms with Crippen molar-refractivity contribution in [3.63, 3.8) is 0 Å². The quantitative estimate of drug-likeness (QED) is 0.572. The van der Waals surface area contributed by atoms with Crippen LogP contribution in [0.4, 0.5) is 0 Å². The van der Waals surface area contributed by atoms with Gasteiger partial charge in [0.25, 0.3) is 5.56 Å². The van der Waals surface area contributed by atoms with E-state index >= 15 is 0 Å². The van der Waals surface area contributed by atoms with E-state index in [0.717, 1.165) is 4.57 Å². The molecule has 1 aromatic carbocycles. The minimum atomic E-state index is -1.03. The van der Waals surface area contributed by atoms with Crippen LogP contribution in [0.15, 0.2) is 34.0 Å². The van der Waals surface area contributed by atoms with Crippen LogP contribution in [0.2, 0.25) is 0 Å². The lowest BCUT2D eigenvalue weighted by Crippen LogP contribution is -2.34. The first-order chi connectivity index (χ1) is 11.2. The molecule has 128 valence electrons. The lowest BCUT2D eigenvalue weighted by molar-refractivity contribution is -0.146. The van der Waals surface area contributed by atoms with Gasteiger partial charge in [-0.3, -0.25) is 9.59 Å². The van der Waals surface area contributed by atoms with Crippen LogP contribution in [-0.2, 0) is 14.9 Å². The predicted octanol–water partition coefficient (Wildman–Crippen LogP) is 1.59. The van der Waals surface area contributed by atoms with Crippen molar-refractivity contribution < 1.29 is 14.3 Å². The highest BCUT2D eigenvalue weighted by Crippen LogP contribution is 2.37. The minimum absolute atomic E-state index is 0.346. The van der Waals surface area contributed by atoms with E-state index in [4.69, 9.17) is 9.47 Å². The number of rotatable bonds is 4. The number of hydrogen-bond donors (Lipinski definition) is 1. The van der Waals surface area contributed by atoms with Gasteiger partial charge in [0.2, 0.25) is 0 Å². The first-order valence-electron chi connectivity index (χ1n) is 7.01. The molecule has 2 rings (SSSR count). The summed E-state index contributed by atoms with van der Waals surface area (Å²) in [6.07, 6.45) is 1.29. The molecule has 0 aliphatic rings. The number of carbonyl (C=O) groups is 1. The van der Waals surface area contributed by atoms with E-state index in [0.29, 0.717) is 20.6 Å². The van der Waals surface area contributed by atoms with Crippen LogP contribution < -0.4 is 16.0 Å². The molecule has 1 aromatic heterocycles. The van der Waals surface area contributed by atoms with E-state index in [2.05, 4.69) is 4.98 Å². The Kier molecular flexibility index (Phi) is 5.16. The smallest absolute Gasteiger partial charge is 0.332 e. The van der Waals surface area contributed by atoms with Crippen molar-refractivity contribution in [2.45, 2.75) is 19.3 Å². The molecule has 0 radical (unpaired) electrons. The molecule has 0 amide bonds. The maximum atomic E-state index is 12.2. The van der Waals surface area contributed by atoms with E-state index in [9.17, 15) is 14.4 Å². The first kappa shape index (κ1) is 18.2. The van der Waals surface area contributed by atoms with Crippen LogP contribution in [-0.4, -0.2) is 29.7 Å². The van der Waals surface area contributed by atoms with E-state index in [1.807, 2.05) is 22.6 Å². The number of H-pyrrole nitrogens is 1. The lowest BCUT2D eigenvalue weighted by Gasteiger charge is -2.25. The summed E-state index contributed by atoms with van der Waals surface area (Å²) in [5.41, 5.74) is -1.19. The van der Waals surface area contributed by atoms with E-state index in [1.165, 1.54) is 26.5 Å². The lowest BCUT2D eigenvalue weighted by atomic mass is 9.83. The Bertz CT molecular complexity index is 870. The molecule has 0 bridgehead atoms. The van der Waals surface area contributed by atoms with Crippen molar-refractivity contribution in [2.24, 2.45) is 0 Å². The molecule has 0 unspecified atom stereocenters. The molecule has 0 aliphatic heterocycles. The number of esters is 1. The van der Waals surface area contributed by atoms with Crippen molar-refractivity contribution in [3.05, 3.63) is 54.4 Å². The third-order valence-electron chi connectivity index (χ3n) is 3.72. The molecule has 0 saturated carbocycles. The number of carbonyl (C=O) groups excluding carboxylic acids is 1. The van der Waals surface area contributed by atoms with Crippen LogP contribution in [0.5, 0.6) is 5.75 Å². The van der Waals surface area contributed by atoms with Gasteiger partial charge in [0.15, 0.2) is 0 Å². The second-order valence-corrected chi connectivity index (χ2v) is 6.74. The highest BCUT2D eigenvalue weighted by molar-refractivity contribution is 14.1.